The molecule has 0 spiro atoms. The number of benzene rings is 2. The number of ketones is 1. The molecule has 7 nitrogen and oxygen atoms in total. The first-order valence-corrected chi connectivity index (χ1v) is 12.8. The van der Waals surface area contributed by atoms with Crippen LogP contribution in [0.4, 0.5) is 0 Å². The van der Waals surface area contributed by atoms with E-state index in [0.717, 1.165) is 5.56 Å². The van der Waals surface area contributed by atoms with E-state index in [1.165, 1.54) is 31.4 Å². The van der Waals surface area contributed by atoms with Crippen LogP contribution in [-0.4, -0.2) is 77.2 Å². The predicted octanol–water partition coefficient (Wildman–Crippen LogP) is 4.83. The third-order valence-electron chi connectivity index (χ3n) is 4.94. The molecule has 0 aromatic heterocycles. The zero-order valence-electron chi connectivity index (χ0n) is 24.2. The SMILES string of the molecule is CC(C)=O.CCC.Cc1ccc(O)cc1.Cc1cccc(CN2CC(C)N(C(=O)CN(C)C)CC2=O)c1. The van der Waals surface area contributed by atoms with Crippen molar-refractivity contribution in [3.63, 3.8) is 0 Å². The Hall–Kier alpha value is -3.19. The second kappa shape index (κ2) is 18.1. The quantitative estimate of drug-likeness (QED) is 0.633. The number of carbonyl (C=O) groups is 3. The Bertz CT molecular complexity index is 933. The first-order valence-electron chi connectivity index (χ1n) is 12.8. The van der Waals surface area contributed by atoms with Gasteiger partial charge in [0.25, 0.3) is 0 Å². The van der Waals surface area contributed by atoms with Crippen LogP contribution in [0.2, 0.25) is 0 Å². The average molecular weight is 514 g/mol. The number of hydrogen-bond acceptors (Lipinski definition) is 5. The van der Waals surface area contributed by atoms with E-state index in [1.807, 2.05) is 75.0 Å². The summed E-state index contributed by atoms with van der Waals surface area (Å²) in [4.78, 5) is 39.3. The zero-order chi connectivity index (χ0) is 28.5. The van der Waals surface area contributed by atoms with Crippen molar-refractivity contribution < 1.29 is 19.5 Å². The van der Waals surface area contributed by atoms with Gasteiger partial charge in [-0.2, -0.15) is 0 Å². The highest BCUT2D eigenvalue weighted by Crippen LogP contribution is 2.15. The molecule has 7 heteroatoms. The van der Waals surface area contributed by atoms with Crippen LogP contribution in [-0.2, 0) is 20.9 Å². The number of phenols is 1. The fourth-order valence-corrected chi connectivity index (χ4v) is 3.34. The van der Waals surface area contributed by atoms with Crippen molar-refractivity contribution in [3.8, 4) is 5.75 Å². The minimum Gasteiger partial charge on any atom is -0.508 e. The number of aromatic hydroxyl groups is 1. The summed E-state index contributed by atoms with van der Waals surface area (Å²) < 4.78 is 0. The largest absolute Gasteiger partial charge is 0.508 e. The first-order chi connectivity index (χ1) is 17.3. The number of amides is 2. The van der Waals surface area contributed by atoms with Crippen molar-refractivity contribution >= 4 is 17.6 Å². The number of carbonyl (C=O) groups excluding carboxylic acids is 3. The standard InChI is InChI=1S/C17H25N3O2.C7H8O.C3H6O.C3H8/c1-13-6-5-7-15(8-13)10-19-9-14(2)20(12-16(19)21)17(22)11-18(3)4;1-6-2-4-7(8)5-3-6;1-3(2)4;1-3-2/h5-8,14H,9-12H2,1-4H3;2-5,8H,1H3;1-2H3;3H2,1-2H3. The van der Waals surface area contributed by atoms with Gasteiger partial charge in [0.1, 0.15) is 18.1 Å². The minimum atomic E-state index is 0.0149. The average Bonchev–Trinajstić information content (AvgIpc) is 2.78. The van der Waals surface area contributed by atoms with Crippen LogP contribution in [0.1, 0.15) is 57.7 Å². The molecule has 1 N–H and O–H groups in total. The number of hydrogen-bond donors (Lipinski definition) is 1. The van der Waals surface area contributed by atoms with Crippen LogP contribution in [0.3, 0.4) is 0 Å². The third kappa shape index (κ3) is 15.5. The molecule has 1 fully saturated rings. The van der Waals surface area contributed by atoms with Gasteiger partial charge in [-0.25, -0.2) is 0 Å². The van der Waals surface area contributed by atoms with Gasteiger partial charge in [-0.3, -0.25) is 9.59 Å². The lowest BCUT2D eigenvalue weighted by atomic mass is 10.1. The van der Waals surface area contributed by atoms with Gasteiger partial charge in [-0.1, -0.05) is 67.8 Å². The Morgan fingerprint density at radius 2 is 1.54 bits per heavy atom. The summed E-state index contributed by atoms with van der Waals surface area (Å²) in [6.07, 6.45) is 1.25. The van der Waals surface area contributed by atoms with E-state index in [-0.39, 0.29) is 30.2 Å². The lowest BCUT2D eigenvalue weighted by molar-refractivity contribution is -0.149. The van der Waals surface area contributed by atoms with E-state index in [2.05, 4.69) is 19.9 Å². The van der Waals surface area contributed by atoms with Crippen LogP contribution < -0.4 is 0 Å². The van der Waals surface area contributed by atoms with Crippen LogP contribution in [0.15, 0.2) is 48.5 Å². The van der Waals surface area contributed by atoms with E-state index in [9.17, 15) is 14.4 Å². The van der Waals surface area contributed by atoms with Gasteiger partial charge in [-0.15, -0.1) is 0 Å². The number of rotatable bonds is 4. The summed E-state index contributed by atoms with van der Waals surface area (Å²) in [6, 6.07) is 15.3. The second-order valence-corrected chi connectivity index (χ2v) is 9.82. The molecule has 0 saturated carbocycles. The molecule has 1 heterocycles. The maximum Gasteiger partial charge on any atom is 0.242 e. The summed E-state index contributed by atoms with van der Waals surface area (Å²) in [7, 11) is 3.72. The van der Waals surface area contributed by atoms with Crippen molar-refractivity contribution in [2.75, 3.05) is 33.7 Å². The molecular weight excluding hydrogens is 466 g/mol. The van der Waals surface area contributed by atoms with Crippen LogP contribution in [0, 0.1) is 13.8 Å². The summed E-state index contributed by atoms with van der Waals surface area (Å²) >= 11 is 0. The van der Waals surface area contributed by atoms with Gasteiger partial charge in [0.15, 0.2) is 0 Å². The molecule has 1 unspecified atom stereocenters. The molecule has 1 aliphatic rings. The number of aryl methyl sites for hydroxylation is 2. The van der Waals surface area contributed by atoms with E-state index in [0.29, 0.717) is 25.4 Å². The highest BCUT2D eigenvalue weighted by Gasteiger charge is 2.32. The lowest BCUT2D eigenvalue weighted by Crippen LogP contribution is -2.57. The summed E-state index contributed by atoms with van der Waals surface area (Å²) in [5.74, 6) is 0.531. The Labute approximate surface area is 224 Å². The van der Waals surface area contributed by atoms with E-state index in [1.54, 1.807) is 17.0 Å². The number of nitrogens with zero attached hydrogens (tertiary/aromatic N) is 3. The van der Waals surface area contributed by atoms with Gasteiger partial charge in [0, 0.05) is 19.1 Å². The smallest absolute Gasteiger partial charge is 0.242 e. The normalized spacial score (nSPS) is 14.4. The Morgan fingerprint density at radius 1 is 1.00 bits per heavy atom. The van der Waals surface area contributed by atoms with Gasteiger partial charge in [-0.05, 0) is 66.4 Å². The summed E-state index contributed by atoms with van der Waals surface area (Å²) in [5.41, 5.74) is 3.49. The third-order valence-corrected chi connectivity index (χ3v) is 4.94. The maximum absolute atomic E-state index is 12.3. The molecule has 0 bridgehead atoms. The molecule has 0 aliphatic carbocycles. The topological polar surface area (TPSA) is 81.2 Å². The fraction of sp³-hybridized carbons (Fsp3) is 0.500. The molecule has 3 rings (SSSR count). The Morgan fingerprint density at radius 3 is 2.00 bits per heavy atom. The molecule has 1 atom stereocenters. The molecular formula is C30H47N3O4. The zero-order valence-corrected chi connectivity index (χ0v) is 24.2. The van der Waals surface area contributed by atoms with Crippen molar-refractivity contribution in [1.29, 1.82) is 0 Å². The first kappa shape index (κ1) is 33.8. The molecule has 2 amide bonds. The monoisotopic (exact) mass is 513 g/mol. The second-order valence-electron chi connectivity index (χ2n) is 9.82. The molecule has 2 aromatic rings. The predicted molar refractivity (Wildman–Crippen MR) is 151 cm³/mol. The molecule has 0 radical (unpaired) electrons. The maximum atomic E-state index is 12.3. The van der Waals surface area contributed by atoms with Crippen LogP contribution in [0.5, 0.6) is 5.75 Å². The van der Waals surface area contributed by atoms with Crippen molar-refractivity contribution in [2.45, 2.75) is 67.5 Å². The molecule has 206 valence electrons. The van der Waals surface area contributed by atoms with Crippen molar-refractivity contribution in [1.82, 2.24) is 14.7 Å². The highest BCUT2D eigenvalue weighted by atomic mass is 16.3. The highest BCUT2D eigenvalue weighted by molar-refractivity contribution is 5.87. The van der Waals surface area contributed by atoms with E-state index in [4.69, 9.17) is 5.11 Å². The van der Waals surface area contributed by atoms with Gasteiger partial charge in [0.05, 0.1) is 6.54 Å². The number of likely N-dealkylation sites (N-methyl/N-ethyl adjacent to an activating group) is 1. The summed E-state index contributed by atoms with van der Waals surface area (Å²) in [5, 5.41) is 8.76. The number of Topliss-reactive ketones (excluding diaryl/α,β-unsaturated/α-hetero) is 1. The molecule has 37 heavy (non-hydrogen) atoms. The van der Waals surface area contributed by atoms with Gasteiger partial charge in [0.2, 0.25) is 11.8 Å². The van der Waals surface area contributed by atoms with Crippen LogP contribution >= 0.6 is 0 Å². The van der Waals surface area contributed by atoms with Gasteiger partial charge >= 0.3 is 0 Å². The number of piperazine rings is 1. The molecule has 2 aromatic carbocycles. The van der Waals surface area contributed by atoms with E-state index < -0.39 is 0 Å². The van der Waals surface area contributed by atoms with Crippen LogP contribution in [0.25, 0.3) is 0 Å². The fourth-order valence-electron chi connectivity index (χ4n) is 3.34. The number of phenolic OH excluding ortho intramolecular Hbond substituents is 1. The van der Waals surface area contributed by atoms with Crippen molar-refractivity contribution in [3.05, 3.63) is 65.2 Å². The minimum absolute atomic E-state index is 0.0149. The van der Waals surface area contributed by atoms with E-state index >= 15 is 0 Å². The van der Waals surface area contributed by atoms with Gasteiger partial charge < -0.3 is 24.6 Å². The lowest BCUT2D eigenvalue weighted by Gasteiger charge is -2.39. The molecule has 1 aliphatic heterocycles. The Kier molecular flexibility index (Phi) is 16.6. The molecule has 1 saturated heterocycles. The summed E-state index contributed by atoms with van der Waals surface area (Å²) in [6.45, 7) is 15.1. The Balaban J connectivity index is 0.000000705. The van der Waals surface area contributed by atoms with Crippen molar-refractivity contribution in [2.24, 2.45) is 0 Å².